The lowest BCUT2D eigenvalue weighted by atomic mass is 9.83. The highest BCUT2D eigenvalue weighted by Gasteiger charge is 2.16. The Balaban J connectivity index is 1.97. The zero-order valence-corrected chi connectivity index (χ0v) is 13.1. The third-order valence-corrected chi connectivity index (χ3v) is 4.42. The summed E-state index contributed by atoms with van der Waals surface area (Å²) in [6, 6.07) is 21.5. The molecule has 0 heterocycles. The van der Waals surface area contributed by atoms with Crippen LogP contribution < -0.4 is 0 Å². The van der Waals surface area contributed by atoms with Crippen LogP contribution in [-0.2, 0) is 0 Å². The fourth-order valence-corrected chi connectivity index (χ4v) is 2.98. The molecule has 22 heavy (non-hydrogen) atoms. The Morgan fingerprint density at radius 3 is 1.86 bits per heavy atom. The van der Waals surface area contributed by atoms with Crippen LogP contribution in [0.2, 0.25) is 0 Å². The molecule has 2 aromatic rings. The first kappa shape index (κ1) is 14.6. The summed E-state index contributed by atoms with van der Waals surface area (Å²) in [7, 11) is 0. The lowest BCUT2D eigenvalue weighted by Crippen LogP contribution is -2.03. The van der Waals surface area contributed by atoms with Crippen molar-refractivity contribution in [2.24, 2.45) is 0 Å². The van der Waals surface area contributed by atoms with Gasteiger partial charge in [-0.05, 0) is 36.5 Å². The van der Waals surface area contributed by atoms with Crippen molar-refractivity contribution in [2.45, 2.75) is 25.7 Å². The smallest absolute Gasteiger partial charge is 0.0299 e. The molecular formula is C22H22. The molecule has 0 saturated heterocycles. The molecule has 0 amide bonds. The van der Waals surface area contributed by atoms with E-state index in [9.17, 15) is 0 Å². The minimum Gasteiger partial charge on any atom is -0.0955 e. The standard InChI is InChI=1S/C22H22/c1-17-13-15-19(17)16-14-18(2)22(20-9-5-3-6-10-20)21-11-7-4-8-12-21/h3-12,14,16,22H,1,13,15H2,2H3. The molecule has 0 aromatic heterocycles. The Morgan fingerprint density at radius 1 is 0.909 bits per heavy atom. The molecule has 2 aromatic carbocycles. The summed E-state index contributed by atoms with van der Waals surface area (Å²) in [6.45, 7) is 6.31. The molecule has 0 unspecified atom stereocenters. The maximum absolute atomic E-state index is 4.08. The van der Waals surface area contributed by atoms with Gasteiger partial charge < -0.3 is 0 Å². The highest BCUT2D eigenvalue weighted by atomic mass is 14.2. The van der Waals surface area contributed by atoms with E-state index in [1.54, 1.807) is 0 Å². The fourth-order valence-electron chi connectivity index (χ4n) is 2.98. The second-order valence-corrected chi connectivity index (χ2v) is 5.96. The predicted octanol–water partition coefficient (Wildman–Crippen LogP) is 6.04. The Hall–Kier alpha value is -2.34. The van der Waals surface area contributed by atoms with E-state index in [2.05, 4.69) is 86.3 Å². The number of rotatable bonds is 4. The van der Waals surface area contributed by atoms with Gasteiger partial charge in [0.2, 0.25) is 0 Å². The van der Waals surface area contributed by atoms with Crippen molar-refractivity contribution in [1.82, 2.24) is 0 Å². The normalized spacial score (nSPS) is 16.9. The van der Waals surface area contributed by atoms with E-state index < -0.39 is 0 Å². The summed E-state index contributed by atoms with van der Waals surface area (Å²) in [5, 5.41) is 0. The van der Waals surface area contributed by atoms with Crippen molar-refractivity contribution in [3.05, 3.63) is 107 Å². The van der Waals surface area contributed by atoms with Crippen molar-refractivity contribution in [3.8, 4) is 0 Å². The van der Waals surface area contributed by atoms with Gasteiger partial charge in [-0.2, -0.15) is 0 Å². The first-order chi connectivity index (χ1) is 10.8. The van der Waals surface area contributed by atoms with Crippen LogP contribution in [0.1, 0.15) is 36.8 Å². The van der Waals surface area contributed by atoms with Gasteiger partial charge in [0.25, 0.3) is 0 Å². The van der Waals surface area contributed by atoms with Gasteiger partial charge in [-0.1, -0.05) is 90.5 Å². The molecule has 3 rings (SSSR count). The average molecular weight is 286 g/mol. The van der Waals surface area contributed by atoms with Gasteiger partial charge in [0.05, 0.1) is 0 Å². The molecule has 0 radical (unpaired) electrons. The summed E-state index contributed by atoms with van der Waals surface area (Å²) in [5.41, 5.74) is 6.74. The Morgan fingerprint density at radius 2 is 1.45 bits per heavy atom. The van der Waals surface area contributed by atoms with E-state index in [4.69, 9.17) is 0 Å². The molecule has 1 aliphatic rings. The van der Waals surface area contributed by atoms with Crippen molar-refractivity contribution < 1.29 is 0 Å². The van der Waals surface area contributed by atoms with E-state index in [-0.39, 0.29) is 0 Å². The highest BCUT2D eigenvalue weighted by Crippen LogP contribution is 2.34. The summed E-state index contributed by atoms with van der Waals surface area (Å²) < 4.78 is 0. The van der Waals surface area contributed by atoms with E-state index >= 15 is 0 Å². The molecule has 1 saturated carbocycles. The Kier molecular flexibility index (Phi) is 4.39. The molecule has 0 heteroatoms. The van der Waals surface area contributed by atoms with Crippen molar-refractivity contribution in [1.29, 1.82) is 0 Å². The van der Waals surface area contributed by atoms with Crippen LogP contribution in [0.15, 0.2) is 96.1 Å². The van der Waals surface area contributed by atoms with Crippen LogP contribution >= 0.6 is 0 Å². The molecule has 0 nitrogen and oxygen atoms in total. The second kappa shape index (κ2) is 6.62. The average Bonchev–Trinajstić information content (AvgIpc) is 2.56. The first-order valence-corrected chi connectivity index (χ1v) is 7.91. The van der Waals surface area contributed by atoms with Crippen LogP contribution in [0, 0.1) is 0 Å². The zero-order valence-electron chi connectivity index (χ0n) is 13.1. The molecule has 0 bridgehead atoms. The summed E-state index contributed by atoms with van der Waals surface area (Å²) in [5.74, 6) is 0.313. The quantitative estimate of drug-likeness (QED) is 0.642. The molecule has 0 aliphatic heterocycles. The van der Waals surface area contributed by atoms with Gasteiger partial charge >= 0.3 is 0 Å². The molecule has 0 N–H and O–H groups in total. The topological polar surface area (TPSA) is 0 Å². The number of benzene rings is 2. The predicted molar refractivity (Wildman–Crippen MR) is 94.9 cm³/mol. The maximum Gasteiger partial charge on any atom is 0.0299 e. The van der Waals surface area contributed by atoms with Crippen LogP contribution in [0.4, 0.5) is 0 Å². The fraction of sp³-hybridized carbons (Fsp3) is 0.182. The summed E-state index contributed by atoms with van der Waals surface area (Å²) in [6.07, 6.45) is 6.84. The zero-order chi connectivity index (χ0) is 15.4. The van der Waals surface area contributed by atoms with E-state index in [1.807, 2.05) is 0 Å². The molecular weight excluding hydrogens is 264 g/mol. The van der Waals surface area contributed by atoms with Crippen LogP contribution in [0.5, 0.6) is 0 Å². The summed E-state index contributed by atoms with van der Waals surface area (Å²) in [4.78, 5) is 0. The van der Waals surface area contributed by atoms with Crippen molar-refractivity contribution >= 4 is 0 Å². The van der Waals surface area contributed by atoms with Gasteiger partial charge in [-0.15, -0.1) is 0 Å². The second-order valence-electron chi connectivity index (χ2n) is 5.96. The van der Waals surface area contributed by atoms with Crippen molar-refractivity contribution in [2.75, 3.05) is 0 Å². The minimum absolute atomic E-state index is 0.313. The molecule has 1 aliphatic carbocycles. The maximum atomic E-state index is 4.08. The highest BCUT2D eigenvalue weighted by molar-refractivity contribution is 5.44. The van der Waals surface area contributed by atoms with Gasteiger partial charge in [0.15, 0.2) is 0 Å². The van der Waals surface area contributed by atoms with Gasteiger partial charge in [-0.25, -0.2) is 0 Å². The lowest BCUT2D eigenvalue weighted by Gasteiger charge is -2.21. The number of hydrogen-bond donors (Lipinski definition) is 0. The molecule has 0 atom stereocenters. The third-order valence-electron chi connectivity index (χ3n) is 4.42. The summed E-state index contributed by atoms with van der Waals surface area (Å²) >= 11 is 0. The van der Waals surface area contributed by atoms with E-state index in [1.165, 1.54) is 34.3 Å². The molecule has 110 valence electrons. The van der Waals surface area contributed by atoms with Crippen molar-refractivity contribution in [3.63, 3.8) is 0 Å². The lowest BCUT2D eigenvalue weighted by molar-refractivity contribution is 0.828. The van der Waals surface area contributed by atoms with Gasteiger partial charge in [0.1, 0.15) is 0 Å². The van der Waals surface area contributed by atoms with Crippen LogP contribution in [0.3, 0.4) is 0 Å². The van der Waals surface area contributed by atoms with E-state index in [0.717, 1.165) is 6.42 Å². The van der Waals surface area contributed by atoms with Gasteiger partial charge in [-0.3, -0.25) is 0 Å². The molecule has 1 fully saturated rings. The minimum atomic E-state index is 0.313. The number of allylic oxidation sites excluding steroid dienone is 5. The SMILES string of the molecule is C=C1CCC1=CC=C(C)C(c1ccccc1)c1ccccc1. The first-order valence-electron chi connectivity index (χ1n) is 7.91. The monoisotopic (exact) mass is 286 g/mol. The van der Waals surface area contributed by atoms with E-state index in [0.29, 0.717) is 5.92 Å². The number of hydrogen-bond acceptors (Lipinski definition) is 0. The largest absolute Gasteiger partial charge is 0.0955 e. The van der Waals surface area contributed by atoms with Crippen LogP contribution in [-0.4, -0.2) is 0 Å². The Labute approximate surface area is 133 Å². The molecule has 0 spiro atoms. The van der Waals surface area contributed by atoms with Gasteiger partial charge in [0, 0.05) is 5.92 Å². The third kappa shape index (κ3) is 3.12. The van der Waals surface area contributed by atoms with Crippen LogP contribution in [0.25, 0.3) is 0 Å². The Bertz CT molecular complexity index is 663.